The van der Waals surface area contributed by atoms with Gasteiger partial charge in [-0.3, -0.25) is 5.43 Å². The Morgan fingerprint density at radius 3 is 2.68 bits per heavy atom. The maximum Gasteiger partial charge on any atom is 0.0632 e. The highest BCUT2D eigenvalue weighted by Gasteiger charge is 2.22. The molecule has 1 fully saturated rings. The van der Waals surface area contributed by atoms with Gasteiger partial charge < -0.3 is 0 Å². The fourth-order valence-electron chi connectivity index (χ4n) is 3.10. The van der Waals surface area contributed by atoms with E-state index in [9.17, 15) is 0 Å². The number of fused-ring (bicyclic) bond motifs is 1. The average Bonchev–Trinajstić information content (AvgIpc) is 2.40. The van der Waals surface area contributed by atoms with E-state index in [0.717, 1.165) is 0 Å². The predicted molar refractivity (Wildman–Crippen MR) is 80.9 cm³/mol. The van der Waals surface area contributed by atoms with Crippen LogP contribution in [-0.4, -0.2) is 6.21 Å². The third-order valence-corrected chi connectivity index (χ3v) is 4.25. The summed E-state index contributed by atoms with van der Waals surface area (Å²) in [4.78, 5) is 0. The van der Waals surface area contributed by atoms with Gasteiger partial charge in [0.05, 0.1) is 5.70 Å². The Hall–Kier alpha value is -1.57. The van der Waals surface area contributed by atoms with E-state index < -0.39 is 0 Å². The number of hydrogen-bond donors (Lipinski definition) is 1. The summed E-state index contributed by atoms with van der Waals surface area (Å²) in [5, 5.41) is 4.38. The van der Waals surface area contributed by atoms with Crippen LogP contribution in [0.15, 0.2) is 34.9 Å². The van der Waals surface area contributed by atoms with E-state index in [4.69, 9.17) is 0 Å². The Balaban J connectivity index is 1.96. The normalized spacial score (nSPS) is 23.3. The third kappa shape index (κ3) is 2.73. The largest absolute Gasteiger partial charge is 0.278 e. The second-order valence-corrected chi connectivity index (χ2v) is 5.72. The number of hydrogen-bond acceptors (Lipinski definition) is 2. The molecule has 0 aromatic heterocycles. The number of benzene rings is 1. The lowest BCUT2D eigenvalue weighted by Gasteiger charge is -2.27. The average molecular weight is 254 g/mol. The second-order valence-electron chi connectivity index (χ2n) is 5.72. The van der Waals surface area contributed by atoms with Gasteiger partial charge in [0.25, 0.3) is 0 Å². The van der Waals surface area contributed by atoms with Gasteiger partial charge in [0.15, 0.2) is 0 Å². The quantitative estimate of drug-likeness (QED) is 0.795. The summed E-state index contributed by atoms with van der Waals surface area (Å²) >= 11 is 0. The molecule has 1 unspecified atom stereocenters. The molecule has 2 heteroatoms. The maximum atomic E-state index is 4.38. The van der Waals surface area contributed by atoms with Gasteiger partial charge in [-0.05, 0) is 37.3 Å². The molecule has 100 valence electrons. The molecule has 1 aromatic rings. The number of hydrazone groups is 1. The van der Waals surface area contributed by atoms with Crippen LogP contribution < -0.4 is 5.43 Å². The summed E-state index contributed by atoms with van der Waals surface area (Å²) in [6.07, 6.45) is 9.98. The van der Waals surface area contributed by atoms with Crippen molar-refractivity contribution in [3.05, 3.63) is 41.0 Å². The summed E-state index contributed by atoms with van der Waals surface area (Å²) in [5.74, 6) is 0.554. The molecule has 1 aromatic carbocycles. The zero-order valence-electron chi connectivity index (χ0n) is 11.7. The molecule has 2 aliphatic rings. The molecule has 1 atom stereocenters. The molecule has 0 saturated heterocycles. The molecule has 1 saturated carbocycles. The minimum atomic E-state index is 0.554. The Kier molecular flexibility index (Phi) is 3.67. The lowest BCUT2D eigenvalue weighted by molar-refractivity contribution is 0.526. The molecule has 1 N–H and O–H groups in total. The Morgan fingerprint density at radius 1 is 1.05 bits per heavy atom. The topological polar surface area (TPSA) is 24.4 Å². The first kappa shape index (κ1) is 12.5. The summed E-state index contributed by atoms with van der Waals surface area (Å²) in [5.41, 5.74) is 8.67. The smallest absolute Gasteiger partial charge is 0.0632 e. The molecule has 0 radical (unpaired) electrons. The summed E-state index contributed by atoms with van der Waals surface area (Å²) in [7, 11) is 0. The maximum absolute atomic E-state index is 4.38. The molecule has 0 bridgehead atoms. The van der Waals surface area contributed by atoms with Gasteiger partial charge in [-0.2, -0.15) is 5.10 Å². The van der Waals surface area contributed by atoms with Crippen molar-refractivity contribution in [2.24, 2.45) is 11.0 Å². The van der Waals surface area contributed by atoms with Crippen molar-refractivity contribution in [3.8, 4) is 0 Å². The van der Waals surface area contributed by atoms with Crippen molar-refractivity contribution < 1.29 is 0 Å². The van der Waals surface area contributed by atoms with Crippen molar-refractivity contribution in [2.75, 3.05) is 0 Å². The van der Waals surface area contributed by atoms with E-state index in [0.29, 0.717) is 5.92 Å². The molecule has 0 spiro atoms. The van der Waals surface area contributed by atoms with Crippen molar-refractivity contribution in [1.82, 2.24) is 5.43 Å². The van der Waals surface area contributed by atoms with E-state index in [-0.39, 0.29) is 0 Å². The van der Waals surface area contributed by atoms with E-state index in [1.807, 2.05) is 0 Å². The molecule has 0 amide bonds. The van der Waals surface area contributed by atoms with Crippen LogP contribution in [0.2, 0.25) is 0 Å². The van der Waals surface area contributed by atoms with Crippen LogP contribution in [0.5, 0.6) is 0 Å². The first-order valence-electron chi connectivity index (χ1n) is 7.44. The van der Waals surface area contributed by atoms with Crippen molar-refractivity contribution in [2.45, 2.75) is 45.4 Å². The van der Waals surface area contributed by atoms with Gasteiger partial charge in [0.1, 0.15) is 0 Å². The number of nitrogens with zero attached hydrogens (tertiary/aromatic N) is 1. The van der Waals surface area contributed by atoms with E-state index in [2.05, 4.69) is 47.9 Å². The van der Waals surface area contributed by atoms with E-state index in [1.165, 1.54) is 55.3 Å². The van der Waals surface area contributed by atoms with Gasteiger partial charge in [-0.25, -0.2) is 0 Å². The lowest BCUT2D eigenvalue weighted by Crippen LogP contribution is -2.21. The number of nitrogens with one attached hydrogen (secondary N) is 1. The van der Waals surface area contributed by atoms with Crippen LogP contribution in [0.25, 0.3) is 5.70 Å². The van der Waals surface area contributed by atoms with Gasteiger partial charge in [-0.1, -0.05) is 49.1 Å². The number of rotatable bonds is 1. The first-order chi connectivity index (χ1) is 9.34. The van der Waals surface area contributed by atoms with Crippen LogP contribution in [0, 0.1) is 12.8 Å². The zero-order chi connectivity index (χ0) is 13.1. The third-order valence-electron chi connectivity index (χ3n) is 4.25. The van der Waals surface area contributed by atoms with Crippen LogP contribution in [-0.2, 0) is 0 Å². The minimum Gasteiger partial charge on any atom is -0.278 e. The highest BCUT2D eigenvalue weighted by Crippen LogP contribution is 2.33. The predicted octanol–water partition coefficient (Wildman–Crippen LogP) is 4.27. The monoisotopic (exact) mass is 254 g/mol. The molecule has 1 heterocycles. The fourth-order valence-corrected chi connectivity index (χ4v) is 3.10. The first-order valence-corrected chi connectivity index (χ1v) is 7.44. The molecule has 1 aliphatic heterocycles. The zero-order valence-corrected chi connectivity index (χ0v) is 11.7. The van der Waals surface area contributed by atoms with E-state index >= 15 is 0 Å². The number of allylic oxidation sites excluding steroid dienone is 1. The molecule has 19 heavy (non-hydrogen) atoms. The Labute approximate surface area is 115 Å². The fraction of sp³-hybridized carbons (Fsp3) is 0.471. The molecule has 2 nitrogen and oxygen atoms in total. The summed E-state index contributed by atoms with van der Waals surface area (Å²) < 4.78 is 0. The number of aryl methyl sites for hydroxylation is 1. The van der Waals surface area contributed by atoms with Gasteiger partial charge in [0, 0.05) is 12.1 Å². The van der Waals surface area contributed by atoms with Crippen molar-refractivity contribution in [3.63, 3.8) is 0 Å². The molecule has 1 aliphatic carbocycles. The Bertz CT molecular complexity index is 496. The second kappa shape index (κ2) is 5.60. The minimum absolute atomic E-state index is 0.554. The van der Waals surface area contributed by atoms with Gasteiger partial charge >= 0.3 is 0 Å². The molecular weight excluding hydrogens is 232 g/mol. The lowest BCUT2D eigenvalue weighted by atomic mass is 9.84. The van der Waals surface area contributed by atoms with E-state index in [1.54, 1.807) is 5.57 Å². The standard InChI is InChI=1S/C17H22N2/c1-13-8-10-14(11-9-13)17-16-7-5-3-2-4-6-15(16)12-18-19-17/h8-12,15,19H,2-7H2,1H3. The van der Waals surface area contributed by atoms with Crippen LogP contribution in [0.1, 0.15) is 49.7 Å². The van der Waals surface area contributed by atoms with Crippen molar-refractivity contribution >= 4 is 11.9 Å². The molecule has 3 rings (SSSR count). The van der Waals surface area contributed by atoms with Gasteiger partial charge in [-0.15, -0.1) is 0 Å². The Morgan fingerprint density at radius 2 is 1.84 bits per heavy atom. The summed E-state index contributed by atoms with van der Waals surface area (Å²) in [6.45, 7) is 2.13. The van der Waals surface area contributed by atoms with Gasteiger partial charge in [0.2, 0.25) is 0 Å². The van der Waals surface area contributed by atoms with Crippen LogP contribution in [0.3, 0.4) is 0 Å². The van der Waals surface area contributed by atoms with Crippen LogP contribution >= 0.6 is 0 Å². The molecular formula is C17H22N2. The highest BCUT2D eigenvalue weighted by atomic mass is 15.3. The highest BCUT2D eigenvalue weighted by molar-refractivity contribution is 5.78. The summed E-state index contributed by atoms with van der Waals surface area (Å²) in [6, 6.07) is 8.78. The van der Waals surface area contributed by atoms with Crippen molar-refractivity contribution in [1.29, 1.82) is 0 Å². The van der Waals surface area contributed by atoms with Crippen LogP contribution in [0.4, 0.5) is 0 Å². The SMILES string of the molecule is Cc1ccc(C2=C3CCCCCCC3C=NN2)cc1.